The number of nitrogens with two attached hydrogens (primary N) is 2. The topological polar surface area (TPSA) is 85.2 Å². The molecule has 6 heteroatoms. The van der Waals surface area contributed by atoms with Crippen LogP contribution in [0.1, 0.15) is 18.5 Å². The third kappa shape index (κ3) is 1.87. The Hall–Kier alpha value is -1.27. The Kier molecular flexibility index (Phi) is 3.01. The molecule has 0 radical (unpaired) electrons. The van der Waals surface area contributed by atoms with Crippen LogP contribution in [0.5, 0.6) is 0 Å². The van der Waals surface area contributed by atoms with E-state index in [9.17, 15) is 13.9 Å². The summed E-state index contributed by atoms with van der Waals surface area (Å²) < 4.78 is 26.9. The molecule has 1 aromatic rings. The molecule has 1 aliphatic rings. The van der Waals surface area contributed by atoms with E-state index in [0.717, 1.165) is 6.07 Å². The first-order chi connectivity index (χ1) is 7.99. The first-order valence-corrected chi connectivity index (χ1v) is 5.44. The van der Waals surface area contributed by atoms with E-state index in [1.165, 1.54) is 6.07 Å². The Morgan fingerprint density at radius 1 is 1.47 bits per heavy atom. The van der Waals surface area contributed by atoms with Crippen LogP contribution in [0.25, 0.3) is 0 Å². The van der Waals surface area contributed by atoms with Crippen LogP contribution < -0.4 is 11.5 Å². The Morgan fingerprint density at radius 3 is 2.65 bits per heavy atom. The van der Waals surface area contributed by atoms with Crippen LogP contribution >= 0.6 is 0 Å². The predicted octanol–water partition coefficient (Wildman–Crippen LogP) is 0.697. The zero-order valence-electron chi connectivity index (χ0n) is 9.24. The fourth-order valence-corrected chi connectivity index (χ4v) is 2.20. The van der Waals surface area contributed by atoms with Gasteiger partial charge in [0.1, 0.15) is 24.0 Å². The van der Waals surface area contributed by atoms with Crippen LogP contribution in [0.2, 0.25) is 0 Å². The minimum absolute atomic E-state index is 0.0819. The molecule has 4 nitrogen and oxygen atoms in total. The van der Waals surface area contributed by atoms with Crippen molar-refractivity contribution in [1.29, 1.82) is 0 Å². The van der Waals surface area contributed by atoms with Gasteiger partial charge in [-0.25, -0.2) is 13.8 Å². The molecule has 17 heavy (non-hydrogen) atoms. The molecule has 0 bridgehead atoms. The molecule has 3 atom stereocenters. The minimum Gasteiger partial charge on any atom is -0.393 e. The van der Waals surface area contributed by atoms with Crippen molar-refractivity contribution in [3.8, 4) is 0 Å². The van der Waals surface area contributed by atoms with E-state index in [-0.39, 0.29) is 11.5 Å². The average Bonchev–Trinajstić information content (AvgIpc) is 2.30. The molecular weight excluding hydrogens is 228 g/mol. The molecule has 0 aliphatic heterocycles. The number of aliphatic hydroxyl groups excluding tert-OH is 1. The summed E-state index contributed by atoms with van der Waals surface area (Å²) in [6.07, 6.45) is 0.392. The molecule has 94 valence electrons. The van der Waals surface area contributed by atoms with Gasteiger partial charge < -0.3 is 16.6 Å². The van der Waals surface area contributed by atoms with Gasteiger partial charge in [0, 0.05) is 5.92 Å². The molecule has 0 saturated heterocycles. The number of aliphatic hydroxyl groups is 1. The summed E-state index contributed by atoms with van der Waals surface area (Å²) >= 11 is 0. The molecule has 1 fully saturated rings. The Labute approximate surface area is 97.6 Å². The number of nitrogens with zero attached hydrogens (tertiary/aromatic N) is 1. The van der Waals surface area contributed by atoms with Crippen molar-refractivity contribution in [2.75, 3.05) is 12.4 Å². The van der Waals surface area contributed by atoms with Gasteiger partial charge in [-0.1, -0.05) is 0 Å². The van der Waals surface area contributed by atoms with E-state index in [2.05, 4.69) is 4.98 Å². The molecule has 1 aliphatic carbocycles. The predicted molar refractivity (Wildman–Crippen MR) is 59.2 cm³/mol. The van der Waals surface area contributed by atoms with Gasteiger partial charge in [0.2, 0.25) is 0 Å². The van der Waals surface area contributed by atoms with Crippen LogP contribution in [-0.2, 0) is 5.54 Å². The van der Waals surface area contributed by atoms with Crippen molar-refractivity contribution in [3.63, 3.8) is 0 Å². The van der Waals surface area contributed by atoms with E-state index in [0.29, 0.717) is 12.8 Å². The molecule has 2 rings (SSSR count). The number of anilines is 1. The summed E-state index contributed by atoms with van der Waals surface area (Å²) in [6.45, 7) is -0.984. The lowest BCUT2D eigenvalue weighted by atomic mass is 9.68. The van der Waals surface area contributed by atoms with Crippen LogP contribution in [0, 0.1) is 11.7 Å². The largest absolute Gasteiger partial charge is 0.393 e. The number of pyridine rings is 1. The van der Waals surface area contributed by atoms with Crippen molar-refractivity contribution >= 4 is 5.82 Å². The first kappa shape index (κ1) is 12.2. The average molecular weight is 243 g/mol. The minimum atomic E-state index is -1.60. The second-order valence-corrected chi connectivity index (χ2v) is 4.49. The Bertz CT molecular complexity index is 429. The van der Waals surface area contributed by atoms with Gasteiger partial charge in [-0.2, -0.15) is 0 Å². The number of hydrogen-bond acceptors (Lipinski definition) is 4. The summed E-state index contributed by atoms with van der Waals surface area (Å²) in [5, 5.41) is 9.57. The van der Waals surface area contributed by atoms with Crippen LogP contribution in [0.4, 0.5) is 14.6 Å². The van der Waals surface area contributed by atoms with E-state index in [1.807, 2.05) is 0 Å². The van der Waals surface area contributed by atoms with E-state index < -0.39 is 30.1 Å². The smallest absolute Gasteiger partial charge is 0.146 e. The molecule has 0 spiro atoms. The first-order valence-electron chi connectivity index (χ1n) is 5.44. The highest BCUT2D eigenvalue weighted by Gasteiger charge is 2.48. The van der Waals surface area contributed by atoms with Crippen molar-refractivity contribution in [2.45, 2.75) is 24.5 Å². The fourth-order valence-electron chi connectivity index (χ4n) is 2.20. The second kappa shape index (κ2) is 4.19. The molecule has 1 saturated carbocycles. The standard InChI is InChI=1S/C11H15F2N3O/c12-5-11(15,6-1-3-8(6)17)10-7(13)2-4-9(14)16-10/h2,4,6,8,17H,1,3,5,15H2,(H2,14,16). The molecule has 0 amide bonds. The van der Waals surface area contributed by atoms with Crippen LogP contribution in [0.3, 0.4) is 0 Å². The second-order valence-electron chi connectivity index (χ2n) is 4.49. The lowest BCUT2D eigenvalue weighted by molar-refractivity contribution is -0.0331. The van der Waals surface area contributed by atoms with Gasteiger partial charge in [0.05, 0.1) is 11.6 Å². The molecule has 3 unspecified atom stereocenters. The lowest BCUT2D eigenvalue weighted by Gasteiger charge is -2.44. The lowest BCUT2D eigenvalue weighted by Crippen LogP contribution is -2.56. The third-order valence-corrected chi connectivity index (χ3v) is 3.43. The van der Waals surface area contributed by atoms with Gasteiger partial charge in [-0.15, -0.1) is 0 Å². The van der Waals surface area contributed by atoms with Gasteiger partial charge in [-0.3, -0.25) is 0 Å². The van der Waals surface area contributed by atoms with Crippen LogP contribution in [-0.4, -0.2) is 22.9 Å². The molecular formula is C11H15F2N3O. The maximum Gasteiger partial charge on any atom is 0.146 e. The van der Waals surface area contributed by atoms with E-state index in [1.54, 1.807) is 0 Å². The Balaban J connectivity index is 2.43. The van der Waals surface area contributed by atoms with Gasteiger partial charge in [0.15, 0.2) is 0 Å². The number of hydrogen-bond donors (Lipinski definition) is 3. The van der Waals surface area contributed by atoms with E-state index in [4.69, 9.17) is 11.5 Å². The third-order valence-electron chi connectivity index (χ3n) is 3.43. The maximum atomic E-state index is 13.7. The van der Waals surface area contributed by atoms with Gasteiger partial charge >= 0.3 is 0 Å². The van der Waals surface area contributed by atoms with Crippen LogP contribution in [0.15, 0.2) is 12.1 Å². The quantitative estimate of drug-likeness (QED) is 0.729. The highest BCUT2D eigenvalue weighted by molar-refractivity contribution is 5.33. The number of rotatable bonds is 3. The monoisotopic (exact) mass is 243 g/mol. The molecule has 5 N–H and O–H groups in total. The number of nitrogen functional groups attached to an aromatic ring is 1. The number of halogens is 2. The maximum absolute atomic E-state index is 13.7. The number of alkyl halides is 1. The molecule has 1 heterocycles. The number of aromatic nitrogens is 1. The molecule has 1 aromatic heterocycles. The molecule has 0 aromatic carbocycles. The Morgan fingerprint density at radius 2 is 2.18 bits per heavy atom. The van der Waals surface area contributed by atoms with Gasteiger partial charge in [0.25, 0.3) is 0 Å². The fraction of sp³-hybridized carbons (Fsp3) is 0.545. The summed E-state index contributed by atoms with van der Waals surface area (Å²) in [5.74, 6) is -1.13. The highest BCUT2D eigenvalue weighted by Crippen LogP contribution is 2.41. The SMILES string of the molecule is Nc1ccc(F)c(C(N)(CF)C2CCC2O)n1. The van der Waals surface area contributed by atoms with Crippen molar-refractivity contribution < 1.29 is 13.9 Å². The normalized spacial score (nSPS) is 27.3. The summed E-state index contributed by atoms with van der Waals surface area (Å²) in [4.78, 5) is 3.78. The van der Waals surface area contributed by atoms with Gasteiger partial charge in [-0.05, 0) is 25.0 Å². The van der Waals surface area contributed by atoms with Crippen molar-refractivity contribution in [2.24, 2.45) is 11.7 Å². The summed E-state index contributed by atoms with van der Waals surface area (Å²) in [7, 11) is 0. The summed E-state index contributed by atoms with van der Waals surface area (Å²) in [5.41, 5.74) is 9.54. The van der Waals surface area contributed by atoms with Crippen molar-refractivity contribution in [3.05, 3.63) is 23.6 Å². The summed E-state index contributed by atoms with van der Waals surface area (Å²) in [6, 6.07) is 2.40. The van der Waals surface area contributed by atoms with E-state index >= 15 is 0 Å². The van der Waals surface area contributed by atoms with Crippen molar-refractivity contribution in [1.82, 2.24) is 4.98 Å². The zero-order valence-corrected chi connectivity index (χ0v) is 9.24. The zero-order chi connectivity index (χ0) is 12.6. The highest BCUT2D eigenvalue weighted by atomic mass is 19.1.